The summed E-state index contributed by atoms with van der Waals surface area (Å²) in [6.07, 6.45) is 0.783. The number of hydrogen-bond acceptors (Lipinski definition) is 2. The molecule has 2 amide bonds. The standard InChI is InChI=1S/C15H25N3O/c1-12-7-5-8-13(11-12)18(10-6-9-16)14(19)17-15(2,3)4/h5,7-8,11H,6,9-10,16H2,1-4H3,(H,17,19). The number of nitrogens with two attached hydrogens (primary N) is 1. The van der Waals surface area contributed by atoms with Gasteiger partial charge in [0.05, 0.1) is 0 Å². The number of benzene rings is 1. The van der Waals surface area contributed by atoms with Crippen LogP contribution in [-0.4, -0.2) is 24.7 Å². The zero-order valence-electron chi connectivity index (χ0n) is 12.4. The number of carbonyl (C=O) groups is 1. The van der Waals surface area contributed by atoms with Crippen LogP contribution in [0.25, 0.3) is 0 Å². The van der Waals surface area contributed by atoms with Crippen molar-refractivity contribution in [1.82, 2.24) is 5.32 Å². The van der Waals surface area contributed by atoms with Crippen LogP contribution in [-0.2, 0) is 0 Å². The van der Waals surface area contributed by atoms with E-state index in [9.17, 15) is 4.79 Å². The first kappa shape index (κ1) is 15.5. The van der Waals surface area contributed by atoms with Gasteiger partial charge in [0.15, 0.2) is 0 Å². The lowest BCUT2D eigenvalue weighted by molar-refractivity contribution is 0.237. The molecule has 0 heterocycles. The Morgan fingerprint density at radius 3 is 2.58 bits per heavy atom. The smallest absolute Gasteiger partial charge is 0.322 e. The lowest BCUT2D eigenvalue weighted by Gasteiger charge is -2.28. The van der Waals surface area contributed by atoms with Crippen LogP contribution in [0.2, 0.25) is 0 Å². The van der Waals surface area contributed by atoms with Gasteiger partial charge in [-0.25, -0.2) is 4.79 Å². The van der Waals surface area contributed by atoms with Gasteiger partial charge in [-0.3, -0.25) is 4.90 Å². The molecule has 106 valence electrons. The maximum Gasteiger partial charge on any atom is 0.322 e. The van der Waals surface area contributed by atoms with Gasteiger partial charge in [-0.05, 0) is 58.4 Å². The van der Waals surface area contributed by atoms with Gasteiger partial charge in [0.25, 0.3) is 0 Å². The van der Waals surface area contributed by atoms with Gasteiger partial charge in [-0.15, -0.1) is 0 Å². The summed E-state index contributed by atoms with van der Waals surface area (Å²) in [6, 6.07) is 7.87. The summed E-state index contributed by atoms with van der Waals surface area (Å²) in [7, 11) is 0. The van der Waals surface area contributed by atoms with Crippen LogP contribution in [0, 0.1) is 6.92 Å². The fraction of sp³-hybridized carbons (Fsp3) is 0.533. The molecule has 3 N–H and O–H groups in total. The number of nitrogens with one attached hydrogen (secondary N) is 1. The molecule has 1 aromatic carbocycles. The van der Waals surface area contributed by atoms with Crippen molar-refractivity contribution in [2.45, 2.75) is 39.7 Å². The highest BCUT2D eigenvalue weighted by atomic mass is 16.2. The highest BCUT2D eigenvalue weighted by molar-refractivity contribution is 5.92. The summed E-state index contributed by atoms with van der Waals surface area (Å²) in [6.45, 7) is 9.14. The van der Waals surface area contributed by atoms with E-state index >= 15 is 0 Å². The van der Waals surface area contributed by atoms with Gasteiger partial charge in [-0.1, -0.05) is 12.1 Å². The number of nitrogens with zero attached hydrogens (tertiary/aromatic N) is 1. The number of anilines is 1. The van der Waals surface area contributed by atoms with Gasteiger partial charge in [-0.2, -0.15) is 0 Å². The second-order valence-electron chi connectivity index (χ2n) is 5.81. The molecule has 0 aromatic heterocycles. The molecule has 1 aromatic rings. The minimum absolute atomic E-state index is 0.0773. The number of hydrogen-bond donors (Lipinski definition) is 2. The lowest BCUT2D eigenvalue weighted by Crippen LogP contribution is -2.49. The highest BCUT2D eigenvalue weighted by Crippen LogP contribution is 2.17. The number of urea groups is 1. The van der Waals surface area contributed by atoms with Gasteiger partial charge in [0, 0.05) is 17.8 Å². The molecule has 0 radical (unpaired) electrons. The minimum Gasteiger partial charge on any atom is -0.333 e. The summed E-state index contributed by atoms with van der Waals surface area (Å²) in [5.74, 6) is 0. The van der Waals surface area contributed by atoms with Gasteiger partial charge in [0.2, 0.25) is 0 Å². The molecule has 19 heavy (non-hydrogen) atoms. The Morgan fingerprint density at radius 1 is 1.37 bits per heavy atom. The van der Waals surface area contributed by atoms with Crippen LogP contribution in [0.15, 0.2) is 24.3 Å². The molecule has 0 unspecified atom stereocenters. The highest BCUT2D eigenvalue weighted by Gasteiger charge is 2.20. The van der Waals surface area contributed by atoms with Crippen molar-refractivity contribution >= 4 is 11.7 Å². The van der Waals surface area contributed by atoms with E-state index in [1.54, 1.807) is 4.90 Å². The Hall–Kier alpha value is -1.55. The third-order valence-electron chi connectivity index (χ3n) is 2.63. The van der Waals surface area contributed by atoms with Gasteiger partial charge < -0.3 is 11.1 Å². The minimum atomic E-state index is -0.248. The van der Waals surface area contributed by atoms with Crippen LogP contribution in [0.1, 0.15) is 32.8 Å². The second kappa shape index (κ2) is 6.57. The molecule has 0 aliphatic heterocycles. The molecule has 0 aliphatic carbocycles. The molecule has 0 fully saturated rings. The van der Waals surface area contributed by atoms with Crippen molar-refractivity contribution < 1.29 is 4.79 Å². The van der Waals surface area contributed by atoms with E-state index in [4.69, 9.17) is 5.73 Å². The fourth-order valence-electron chi connectivity index (χ4n) is 1.78. The van der Waals surface area contributed by atoms with Crippen molar-refractivity contribution in [2.75, 3.05) is 18.0 Å². The van der Waals surface area contributed by atoms with Crippen LogP contribution in [0.4, 0.5) is 10.5 Å². The number of aryl methyl sites for hydroxylation is 1. The van der Waals surface area contributed by atoms with Crippen molar-refractivity contribution in [3.8, 4) is 0 Å². The summed E-state index contributed by atoms with van der Waals surface area (Å²) in [5, 5.41) is 2.99. The third kappa shape index (κ3) is 5.30. The molecule has 1 rings (SSSR count). The molecule has 4 nitrogen and oxygen atoms in total. The van der Waals surface area contributed by atoms with E-state index < -0.39 is 0 Å². The van der Waals surface area contributed by atoms with Crippen LogP contribution in [0.3, 0.4) is 0 Å². The van der Waals surface area contributed by atoms with Gasteiger partial charge >= 0.3 is 6.03 Å². The molecular formula is C15H25N3O. The average Bonchev–Trinajstić information content (AvgIpc) is 2.27. The molecule has 0 spiro atoms. The largest absolute Gasteiger partial charge is 0.333 e. The molecule has 0 saturated carbocycles. The first-order chi connectivity index (χ1) is 8.83. The van der Waals surface area contributed by atoms with E-state index in [2.05, 4.69) is 5.32 Å². The monoisotopic (exact) mass is 263 g/mol. The fourth-order valence-corrected chi connectivity index (χ4v) is 1.78. The van der Waals surface area contributed by atoms with E-state index in [-0.39, 0.29) is 11.6 Å². The van der Waals surface area contributed by atoms with Crippen LogP contribution >= 0.6 is 0 Å². The molecule has 0 atom stereocenters. The average molecular weight is 263 g/mol. The molecule has 0 saturated heterocycles. The Kier molecular flexibility index (Phi) is 5.36. The molecule has 4 heteroatoms. The number of rotatable bonds is 4. The predicted octanol–water partition coefficient (Wildman–Crippen LogP) is 2.66. The Morgan fingerprint density at radius 2 is 2.05 bits per heavy atom. The van der Waals surface area contributed by atoms with E-state index in [0.29, 0.717) is 13.1 Å². The predicted molar refractivity (Wildman–Crippen MR) is 80.5 cm³/mol. The Balaban J connectivity index is 2.91. The zero-order valence-corrected chi connectivity index (χ0v) is 12.4. The normalized spacial score (nSPS) is 11.2. The SMILES string of the molecule is Cc1cccc(N(CCCN)C(=O)NC(C)(C)C)c1. The van der Waals surface area contributed by atoms with Crippen molar-refractivity contribution in [1.29, 1.82) is 0 Å². The quantitative estimate of drug-likeness (QED) is 0.877. The topological polar surface area (TPSA) is 58.4 Å². The summed E-state index contributed by atoms with van der Waals surface area (Å²) in [5.41, 5.74) is 7.36. The molecule has 0 aliphatic rings. The van der Waals surface area contributed by atoms with Crippen LogP contribution in [0.5, 0.6) is 0 Å². The zero-order chi connectivity index (χ0) is 14.5. The second-order valence-corrected chi connectivity index (χ2v) is 5.81. The van der Waals surface area contributed by atoms with E-state index in [1.807, 2.05) is 52.0 Å². The third-order valence-corrected chi connectivity index (χ3v) is 2.63. The van der Waals surface area contributed by atoms with Crippen molar-refractivity contribution in [3.63, 3.8) is 0 Å². The van der Waals surface area contributed by atoms with E-state index in [0.717, 1.165) is 17.7 Å². The molecule has 0 bridgehead atoms. The maximum absolute atomic E-state index is 12.4. The van der Waals surface area contributed by atoms with Crippen molar-refractivity contribution in [3.05, 3.63) is 29.8 Å². The Labute approximate surface area is 116 Å². The van der Waals surface area contributed by atoms with Gasteiger partial charge in [0.1, 0.15) is 0 Å². The first-order valence-electron chi connectivity index (χ1n) is 6.70. The number of carbonyl (C=O) groups excluding carboxylic acids is 1. The van der Waals surface area contributed by atoms with Crippen LogP contribution < -0.4 is 16.0 Å². The summed E-state index contributed by atoms with van der Waals surface area (Å²) in [4.78, 5) is 14.1. The lowest BCUT2D eigenvalue weighted by atomic mass is 10.1. The molecular weight excluding hydrogens is 238 g/mol. The first-order valence-corrected chi connectivity index (χ1v) is 6.70. The maximum atomic E-state index is 12.4. The van der Waals surface area contributed by atoms with Crippen molar-refractivity contribution in [2.24, 2.45) is 5.73 Å². The summed E-state index contributed by atoms with van der Waals surface area (Å²) >= 11 is 0. The Bertz CT molecular complexity index is 424. The summed E-state index contributed by atoms with van der Waals surface area (Å²) < 4.78 is 0. The van der Waals surface area contributed by atoms with E-state index in [1.165, 1.54) is 0 Å². The number of amides is 2.